The summed E-state index contributed by atoms with van der Waals surface area (Å²) in [4.78, 5) is 18.0. The summed E-state index contributed by atoms with van der Waals surface area (Å²) < 4.78 is 5.16. The third-order valence-corrected chi connectivity index (χ3v) is 7.27. The number of hydrogen-bond donors (Lipinski definition) is 0. The highest BCUT2D eigenvalue weighted by Gasteiger charge is 2.46. The minimum atomic E-state index is 0.248. The van der Waals surface area contributed by atoms with Crippen molar-refractivity contribution in [1.82, 2.24) is 15.0 Å². The van der Waals surface area contributed by atoms with Gasteiger partial charge < -0.3 is 9.42 Å². The largest absolute Gasteiger partial charge is 0.360 e. The van der Waals surface area contributed by atoms with Crippen LogP contribution in [0.5, 0.6) is 0 Å². The Morgan fingerprint density at radius 1 is 1.30 bits per heavy atom. The Balaban J connectivity index is 1.32. The standard InChI is InChI=1S/C21H28ClN3O2/c22-19-12-17(27-23-19)6-7-20(26)25-9-3-4-14-10-15-11-16(21(14)25)13-24-8-2-1-5-18(15)24/h10,12,15-16,18,21H,1-9,11,13H2/t15-,16-,18-,21-/m0/s1. The predicted octanol–water partition coefficient (Wildman–Crippen LogP) is 3.68. The molecule has 0 spiro atoms. The lowest BCUT2D eigenvalue weighted by Gasteiger charge is -2.54. The number of nitrogens with zero attached hydrogens (tertiary/aromatic N) is 3. The Labute approximate surface area is 165 Å². The van der Waals surface area contributed by atoms with E-state index in [1.165, 1.54) is 45.2 Å². The van der Waals surface area contributed by atoms with Crippen LogP contribution in [0.1, 0.15) is 50.7 Å². The first-order valence-electron chi connectivity index (χ1n) is 10.5. The summed E-state index contributed by atoms with van der Waals surface area (Å²) >= 11 is 5.82. The average Bonchev–Trinajstić information content (AvgIpc) is 3.11. The highest BCUT2D eigenvalue weighted by atomic mass is 35.5. The number of carbonyl (C=O) groups excluding carboxylic acids is 1. The highest BCUT2D eigenvalue weighted by Crippen LogP contribution is 2.45. The Morgan fingerprint density at radius 3 is 3.07 bits per heavy atom. The number of fused-ring (bicyclic) bond motifs is 6. The van der Waals surface area contributed by atoms with Gasteiger partial charge in [0.15, 0.2) is 5.15 Å². The molecule has 146 valence electrons. The lowest BCUT2D eigenvalue weighted by atomic mass is 9.68. The van der Waals surface area contributed by atoms with Crippen LogP contribution in [-0.2, 0) is 11.2 Å². The molecule has 0 radical (unpaired) electrons. The van der Waals surface area contributed by atoms with Crippen molar-refractivity contribution < 1.29 is 9.32 Å². The second-order valence-corrected chi connectivity index (χ2v) is 9.10. The zero-order chi connectivity index (χ0) is 18.4. The zero-order valence-corrected chi connectivity index (χ0v) is 16.5. The number of aromatic nitrogens is 1. The van der Waals surface area contributed by atoms with Crippen LogP contribution >= 0.6 is 11.6 Å². The number of hydrogen-bond acceptors (Lipinski definition) is 4. The quantitative estimate of drug-likeness (QED) is 0.740. The van der Waals surface area contributed by atoms with Crippen LogP contribution in [0.4, 0.5) is 0 Å². The minimum Gasteiger partial charge on any atom is -0.360 e. The smallest absolute Gasteiger partial charge is 0.223 e. The zero-order valence-electron chi connectivity index (χ0n) is 15.8. The van der Waals surface area contributed by atoms with E-state index < -0.39 is 0 Å². The Kier molecular flexibility index (Phi) is 4.76. The van der Waals surface area contributed by atoms with Gasteiger partial charge in [-0.05, 0) is 50.5 Å². The van der Waals surface area contributed by atoms with Gasteiger partial charge in [-0.3, -0.25) is 9.69 Å². The number of likely N-dealkylation sites (tertiary alicyclic amines) is 1. The molecular formula is C21H28ClN3O2. The number of rotatable bonds is 3. The van der Waals surface area contributed by atoms with Crippen molar-refractivity contribution in [3.63, 3.8) is 0 Å². The summed E-state index contributed by atoms with van der Waals surface area (Å²) in [6.07, 6.45) is 11.2. The monoisotopic (exact) mass is 389 g/mol. The van der Waals surface area contributed by atoms with Crippen molar-refractivity contribution in [2.24, 2.45) is 11.8 Å². The van der Waals surface area contributed by atoms with Gasteiger partial charge in [-0.2, -0.15) is 0 Å². The Morgan fingerprint density at radius 2 is 2.22 bits per heavy atom. The molecule has 2 bridgehead atoms. The van der Waals surface area contributed by atoms with E-state index in [1.807, 2.05) is 0 Å². The van der Waals surface area contributed by atoms with Crippen LogP contribution in [0.25, 0.3) is 0 Å². The van der Waals surface area contributed by atoms with E-state index in [2.05, 4.69) is 21.0 Å². The van der Waals surface area contributed by atoms with Gasteiger partial charge in [-0.15, -0.1) is 0 Å². The van der Waals surface area contributed by atoms with Gasteiger partial charge in [0.2, 0.25) is 5.91 Å². The normalized spacial score (nSPS) is 33.2. The van der Waals surface area contributed by atoms with Gasteiger partial charge in [0.1, 0.15) is 5.76 Å². The van der Waals surface area contributed by atoms with Gasteiger partial charge in [-0.1, -0.05) is 34.8 Å². The van der Waals surface area contributed by atoms with Crippen LogP contribution in [0, 0.1) is 11.8 Å². The maximum atomic E-state index is 13.1. The van der Waals surface area contributed by atoms with Crippen molar-refractivity contribution in [3.8, 4) is 0 Å². The molecule has 1 aliphatic carbocycles. The summed E-state index contributed by atoms with van der Waals surface area (Å²) in [7, 11) is 0. The molecule has 0 saturated carbocycles. The summed E-state index contributed by atoms with van der Waals surface area (Å²) in [5.41, 5.74) is 1.55. The van der Waals surface area contributed by atoms with Crippen LogP contribution in [0.2, 0.25) is 5.15 Å². The van der Waals surface area contributed by atoms with E-state index in [9.17, 15) is 4.79 Å². The topological polar surface area (TPSA) is 49.6 Å². The number of carbonyl (C=O) groups is 1. The number of piperidine rings is 3. The van der Waals surface area contributed by atoms with Crippen molar-refractivity contribution in [3.05, 3.63) is 28.6 Å². The molecule has 4 heterocycles. The summed E-state index contributed by atoms with van der Waals surface area (Å²) in [6.45, 7) is 3.31. The predicted molar refractivity (Wildman–Crippen MR) is 103 cm³/mol. The molecule has 3 fully saturated rings. The number of halogens is 1. The molecule has 0 aromatic carbocycles. The van der Waals surface area contributed by atoms with E-state index >= 15 is 0 Å². The summed E-state index contributed by atoms with van der Waals surface area (Å²) in [6, 6.07) is 2.79. The SMILES string of the molecule is O=C(CCc1cc(Cl)no1)N1CCCC2=C[C@H]3C[C@@H](CN4CCCC[C@@H]34)[C@H]21. The fourth-order valence-electron chi connectivity index (χ4n) is 6.03. The van der Waals surface area contributed by atoms with Crippen molar-refractivity contribution >= 4 is 17.5 Å². The van der Waals surface area contributed by atoms with E-state index in [1.54, 1.807) is 11.6 Å². The first-order chi connectivity index (χ1) is 13.2. The second-order valence-electron chi connectivity index (χ2n) is 8.71. The van der Waals surface area contributed by atoms with E-state index in [4.69, 9.17) is 16.1 Å². The Hall–Kier alpha value is -1.33. The Bertz CT molecular complexity index is 746. The third kappa shape index (κ3) is 3.33. The molecular weight excluding hydrogens is 362 g/mol. The lowest BCUT2D eigenvalue weighted by Crippen LogP contribution is -2.60. The molecule has 0 N–H and O–H groups in total. The molecule has 1 aromatic rings. The van der Waals surface area contributed by atoms with E-state index in [-0.39, 0.29) is 5.91 Å². The molecule has 3 saturated heterocycles. The van der Waals surface area contributed by atoms with Crippen molar-refractivity contribution in [2.45, 2.75) is 63.5 Å². The van der Waals surface area contributed by atoms with Crippen LogP contribution in [-0.4, -0.2) is 52.6 Å². The minimum absolute atomic E-state index is 0.248. The fraction of sp³-hybridized carbons (Fsp3) is 0.714. The van der Waals surface area contributed by atoms with Gasteiger partial charge in [0.05, 0.1) is 6.04 Å². The van der Waals surface area contributed by atoms with Gasteiger partial charge in [0, 0.05) is 38.0 Å². The molecule has 5 rings (SSSR count). The molecule has 1 aromatic heterocycles. The number of aryl methyl sites for hydroxylation is 1. The van der Waals surface area contributed by atoms with Crippen molar-refractivity contribution in [1.29, 1.82) is 0 Å². The lowest BCUT2D eigenvalue weighted by molar-refractivity contribution is -0.136. The highest BCUT2D eigenvalue weighted by molar-refractivity contribution is 6.29. The third-order valence-electron chi connectivity index (χ3n) is 7.09. The summed E-state index contributed by atoms with van der Waals surface area (Å²) in [5.74, 6) is 2.26. The van der Waals surface area contributed by atoms with Crippen molar-refractivity contribution in [2.75, 3.05) is 19.6 Å². The molecule has 6 heteroatoms. The molecule has 27 heavy (non-hydrogen) atoms. The van der Waals surface area contributed by atoms with Gasteiger partial charge in [-0.25, -0.2) is 0 Å². The van der Waals surface area contributed by atoms with Gasteiger partial charge >= 0.3 is 0 Å². The van der Waals surface area contributed by atoms with Crippen LogP contribution in [0.15, 0.2) is 22.2 Å². The first kappa shape index (κ1) is 17.7. The maximum Gasteiger partial charge on any atom is 0.223 e. The van der Waals surface area contributed by atoms with E-state index in [0.29, 0.717) is 41.6 Å². The number of amides is 1. The molecule has 4 aliphatic rings. The van der Waals surface area contributed by atoms with E-state index in [0.717, 1.165) is 19.0 Å². The second kappa shape index (κ2) is 7.25. The molecule has 5 nitrogen and oxygen atoms in total. The molecule has 1 amide bonds. The van der Waals surface area contributed by atoms with Crippen LogP contribution < -0.4 is 0 Å². The first-order valence-corrected chi connectivity index (χ1v) is 10.9. The van der Waals surface area contributed by atoms with Crippen LogP contribution in [0.3, 0.4) is 0 Å². The maximum absolute atomic E-state index is 13.1. The fourth-order valence-corrected chi connectivity index (χ4v) is 6.19. The average molecular weight is 390 g/mol. The molecule has 4 atom stereocenters. The molecule has 0 unspecified atom stereocenters. The molecule has 3 aliphatic heterocycles. The summed E-state index contributed by atoms with van der Waals surface area (Å²) in [5, 5.41) is 4.06. The van der Waals surface area contributed by atoms with Gasteiger partial charge in [0.25, 0.3) is 0 Å².